The summed E-state index contributed by atoms with van der Waals surface area (Å²) >= 11 is 1.31. The highest BCUT2D eigenvalue weighted by molar-refractivity contribution is 7.12. The van der Waals surface area contributed by atoms with Gasteiger partial charge in [-0.3, -0.25) is 4.79 Å². The molecule has 5 heteroatoms. The molecule has 82 valence electrons. The summed E-state index contributed by atoms with van der Waals surface area (Å²) in [6, 6.07) is 4.90. The summed E-state index contributed by atoms with van der Waals surface area (Å²) < 4.78 is 4.62. The Hall–Kier alpha value is -1.88. The third-order valence-electron chi connectivity index (χ3n) is 2.10. The minimum atomic E-state index is -0.347. The first-order chi connectivity index (χ1) is 7.70. The number of H-pyrrole nitrogens is 1. The van der Waals surface area contributed by atoms with Crippen LogP contribution in [0.3, 0.4) is 0 Å². The maximum atomic E-state index is 11.2. The first-order valence-electron chi connectivity index (χ1n) is 4.56. The molecule has 0 aliphatic rings. The molecule has 0 unspecified atom stereocenters. The molecular formula is C11H9NO3S. The number of aromatic nitrogens is 1. The zero-order valence-corrected chi connectivity index (χ0v) is 9.34. The molecule has 0 saturated heterocycles. The third-order valence-corrected chi connectivity index (χ3v) is 3.01. The highest BCUT2D eigenvalue weighted by Crippen LogP contribution is 2.24. The van der Waals surface area contributed by atoms with Gasteiger partial charge >= 0.3 is 5.97 Å². The van der Waals surface area contributed by atoms with Gasteiger partial charge in [-0.15, -0.1) is 11.3 Å². The molecule has 2 rings (SSSR count). The summed E-state index contributed by atoms with van der Waals surface area (Å²) in [6.07, 6.45) is 1.62. The van der Waals surface area contributed by atoms with Crippen molar-refractivity contribution in [3.63, 3.8) is 0 Å². The van der Waals surface area contributed by atoms with Crippen molar-refractivity contribution in [1.29, 1.82) is 0 Å². The van der Waals surface area contributed by atoms with Crippen molar-refractivity contribution in [2.24, 2.45) is 0 Å². The number of carbonyl (C=O) groups excluding carboxylic acids is 1. The van der Waals surface area contributed by atoms with Crippen LogP contribution in [0.1, 0.15) is 9.67 Å². The zero-order chi connectivity index (χ0) is 11.5. The van der Waals surface area contributed by atoms with Crippen LogP contribution in [0.5, 0.6) is 0 Å². The van der Waals surface area contributed by atoms with Crippen molar-refractivity contribution in [2.45, 2.75) is 0 Å². The number of hydrogen-bond acceptors (Lipinski definition) is 4. The number of thiophene rings is 1. The number of methoxy groups -OCH3 is 1. The Morgan fingerprint density at radius 3 is 2.81 bits per heavy atom. The Balaban J connectivity index is 2.35. The quantitative estimate of drug-likeness (QED) is 0.808. The molecule has 0 radical (unpaired) electrons. The molecule has 0 aliphatic heterocycles. The lowest BCUT2D eigenvalue weighted by molar-refractivity contribution is 0.0606. The van der Waals surface area contributed by atoms with E-state index in [2.05, 4.69) is 9.72 Å². The van der Waals surface area contributed by atoms with Gasteiger partial charge in [-0.1, -0.05) is 0 Å². The van der Waals surface area contributed by atoms with Crippen LogP contribution < -0.4 is 5.56 Å². The first-order valence-corrected chi connectivity index (χ1v) is 5.44. The second-order valence-electron chi connectivity index (χ2n) is 3.13. The van der Waals surface area contributed by atoms with E-state index in [1.165, 1.54) is 24.5 Å². The number of nitrogens with one attached hydrogen (secondary N) is 1. The SMILES string of the molecule is COC(=O)c1cc(-c2ccc(=O)[nH]c2)cs1. The molecule has 2 heterocycles. The van der Waals surface area contributed by atoms with E-state index in [0.29, 0.717) is 4.88 Å². The van der Waals surface area contributed by atoms with Crippen LogP contribution in [0.15, 0.2) is 34.6 Å². The molecule has 0 spiro atoms. The standard InChI is InChI=1S/C11H9NO3S/c1-15-11(14)9-4-8(6-16-9)7-2-3-10(13)12-5-7/h2-6H,1H3,(H,12,13). The van der Waals surface area contributed by atoms with E-state index in [1.54, 1.807) is 18.3 Å². The van der Waals surface area contributed by atoms with Gasteiger partial charge in [-0.05, 0) is 28.6 Å². The number of aromatic amines is 1. The Morgan fingerprint density at radius 2 is 2.19 bits per heavy atom. The molecule has 1 N–H and O–H groups in total. The van der Waals surface area contributed by atoms with Gasteiger partial charge in [0.15, 0.2) is 0 Å². The predicted molar refractivity (Wildman–Crippen MR) is 61.7 cm³/mol. The molecule has 16 heavy (non-hydrogen) atoms. The molecule has 0 bridgehead atoms. The summed E-state index contributed by atoms with van der Waals surface area (Å²) in [6.45, 7) is 0. The van der Waals surface area contributed by atoms with Gasteiger partial charge in [-0.2, -0.15) is 0 Å². The monoisotopic (exact) mass is 235 g/mol. The van der Waals surface area contributed by atoms with Crippen molar-refractivity contribution in [1.82, 2.24) is 4.98 Å². The number of rotatable bonds is 2. The van der Waals surface area contributed by atoms with Crippen LogP contribution in [-0.4, -0.2) is 18.1 Å². The van der Waals surface area contributed by atoms with Crippen LogP contribution in [0, 0.1) is 0 Å². The van der Waals surface area contributed by atoms with Gasteiger partial charge in [0.25, 0.3) is 0 Å². The number of carbonyl (C=O) groups is 1. The molecule has 2 aromatic heterocycles. The van der Waals surface area contributed by atoms with Crippen LogP contribution in [0.25, 0.3) is 11.1 Å². The van der Waals surface area contributed by atoms with Gasteiger partial charge in [-0.25, -0.2) is 4.79 Å². The molecule has 0 aliphatic carbocycles. The minimum absolute atomic E-state index is 0.146. The largest absolute Gasteiger partial charge is 0.465 e. The number of ether oxygens (including phenoxy) is 1. The summed E-state index contributed by atoms with van der Waals surface area (Å²) in [7, 11) is 1.35. The molecular weight excluding hydrogens is 226 g/mol. The van der Waals surface area contributed by atoms with Crippen molar-refractivity contribution in [2.75, 3.05) is 7.11 Å². The van der Waals surface area contributed by atoms with E-state index in [9.17, 15) is 9.59 Å². The number of hydrogen-bond donors (Lipinski definition) is 1. The average molecular weight is 235 g/mol. The molecule has 0 aromatic carbocycles. The maximum Gasteiger partial charge on any atom is 0.348 e. The van der Waals surface area contributed by atoms with E-state index in [4.69, 9.17) is 0 Å². The predicted octanol–water partition coefficient (Wildman–Crippen LogP) is 1.89. The van der Waals surface area contributed by atoms with Crippen LogP contribution in [0.4, 0.5) is 0 Å². The van der Waals surface area contributed by atoms with Gasteiger partial charge in [0.2, 0.25) is 5.56 Å². The molecule has 0 amide bonds. The van der Waals surface area contributed by atoms with Crippen molar-refractivity contribution in [3.8, 4) is 11.1 Å². The fraction of sp³-hybridized carbons (Fsp3) is 0.0909. The van der Waals surface area contributed by atoms with Crippen molar-refractivity contribution >= 4 is 17.3 Å². The highest BCUT2D eigenvalue weighted by Gasteiger charge is 2.09. The fourth-order valence-corrected chi connectivity index (χ4v) is 2.12. The summed E-state index contributed by atoms with van der Waals surface area (Å²) in [5.41, 5.74) is 1.61. The minimum Gasteiger partial charge on any atom is -0.465 e. The molecule has 4 nitrogen and oxygen atoms in total. The fourth-order valence-electron chi connectivity index (χ4n) is 1.29. The van der Waals surface area contributed by atoms with E-state index < -0.39 is 0 Å². The second kappa shape index (κ2) is 4.32. The topological polar surface area (TPSA) is 59.2 Å². The number of pyridine rings is 1. The van der Waals surface area contributed by atoms with E-state index in [-0.39, 0.29) is 11.5 Å². The van der Waals surface area contributed by atoms with Gasteiger partial charge < -0.3 is 9.72 Å². The Bertz CT molecular complexity index is 550. The van der Waals surface area contributed by atoms with E-state index in [0.717, 1.165) is 11.1 Å². The Kier molecular flexibility index (Phi) is 2.87. The average Bonchev–Trinajstić information content (AvgIpc) is 2.78. The van der Waals surface area contributed by atoms with Gasteiger partial charge in [0, 0.05) is 12.3 Å². The van der Waals surface area contributed by atoms with Crippen LogP contribution >= 0.6 is 11.3 Å². The normalized spacial score (nSPS) is 10.1. The molecule has 2 aromatic rings. The first kappa shape index (κ1) is 10.6. The van der Waals surface area contributed by atoms with Crippen molar-refractivity contribution in [3.05, 3.63) is 45.0 Å². The smallest absolute Gasteiger partial charge is 0.348 e. The Labute approximate surface area is 95.5 Å². The third kappa shape index (κ3) is 2.04. The Morgan fingerprint density at radius 1 is 1.38 bits per heavy atom. The molecule has 0 saturated carbocycles. The summed E-state index contributed by atoms with van der Waals surface area (Å²) in [5, 5.41) is 1.85. The van der Waals surface area contributed by atoms with Gasteiger partial charge in [0.1, 0.15) is 4.88 Å². The second-order valence-corrected chi connectivity index (χ2v) is 4.04. The summed E-state index contributed by atoms with van der Waals surface area (Å²) in [5.74, 6) is -0.347. The highest BCUT2D eigenvalue weighted by atomic mass is 32.1. The lowest BCUT2D eigenvalue weighted by Crippen LogP contribution is -2.01. The van der Waals surface area contributed by atoms with Crippen molar-refractivity contribution < 1.29 is 9.53 Å². The van der Waals surface area contributed by atoms with Crippen LogP contribution in [0.2, 0.25) is 0 Å². The van der Waals surface area contributed by atoms with E-state index in [1.807, 2.05) is 5.38 Å². The zero-order valence-electron chi connectivity index (χ0n) is 8.52. The summed E-state index contributed by atoms with van der Waals surface area (Å²) in [4.78, 5) is 25.3. The lowest BCUT2D eigenvalue weighted by atomic mass is 10.1. The lowest BCUT2D eigenvalue weighted by Gasteiger charge is -1.95. The molecule has 0 atom stereocenters. The van der Waals surface area contributed by atoms with Gasteiger partial charge in [0.05, 0.1) is 7.11 Å². The maximum absolute atomic E-state index is 11.2. The molecule has 0 fully saturated rings. The number of esters is 1. The van der Waals surface area contributed by atoms with Crippen LogP contribution in [-0.2, 0) is 4.74 Å². The van der Waals surface area contributed by atoms with E-state index >= 15 is 0 Å².